The molecule has 0 amide bonds. The number of carbonyl (C=O) groups is 1. The zero-order valence-corrected chi connectivity index (χ0v) is 13.3. The van der Waals surface area contributed by atoms with Gasteiger partial charge < -0.3 is 14.6 Å². The molecule has 0 atom stereocenters. The summed E-state index contributed by atoms with van der Waals surface area (Å²) in [5.74, 6) is -0.145. The number of hydrogen-bond acceptors (Lipinski definition) is 3. The number of aromatic carboxylic acids is 1. The highest BCUT2D eigenvalue weighted by Crippen LogP contribution is 2.26. The molecule has 0 heterocycles. The minimum atomic E-state index is -1.02. The van der Waals surface area contributed by atoms with Crippen molar-refractivity contribution in [2.75, 3.05) is 7.11 Å². The Morgan fingerprint density at radius 3 is 2.27 bits per heavy atom. The molecule has 0 aliphatic rings. The summed E-state index contributed by atoms with van der Waals surface area (Å²) in [6.45, 7) is 6.51. The van der Waals surface area contributed by atoms with Crippen LogP contribution in [0, 0.1) is 20.8 Å². The third-order valence-electron chi connectivity index (χ3n) is 3.80. The second-order valence-electron chi connectivity index (χ2n) is 5.31. The Balaban J connectivity index is 2.25. The van der Waals surface area contributed by atoms with Crippen molar-refractivity contribution in [1.29, 1.82) is 0 Å². The highest BCUT2D eigenvalue weighted by Gasteiger charge is 2.13. The Morgan fingerprint density at radius 2 is 1.73 bits per heavy atom. The van der Waals surface area contributed by atoms with E-state index in [1.54, 1.807) is 12.1 Å². The van der Waals surface area contributed by atoms with E-state index in [-0.39, 0.29) is 5.56 Å². The van der Waals surface area contributed by atoms with Gasteiger partial charge in [0.25, 0.3) is 0 Å². The van der Waals surface area contributed by atoms with E-state index in [1.807, 2.05) is 0 Å². The Kier molecular flexibility index (Phi) is 4.71. The minimum Gasteiger partial charge on any atom is -0.497 e. The molecule has 4 nitrogen and oxygen atoms in total. The monoisotopic (exact) mass is 300 g/mol. The number of rotatable bonds is 5. The number of carboxylic acid groups (broad SMARTS) is 1. The first kappa shape index (κ1) is 15.9. The van der Waals surface area contributed by atoms with Gasteiger partial charge in [0.2, 0.25) is 0 Å². The van der Waals surface area contributed by atoms with Gasteiger partial charge in [-0.25, -0.2) is 4.79 Å². The molecule has 0 aliphatic heterocycles. The number of methoxy groups -OCH3 is 1. The molecule has 0 saturated carbocycles. The van der Waals surface area contributed by atoms with Gasteiger partial charge in [0.05, 0.1) is 7.11 Å². The van der Waals surface area contributed by atoms with Crippen molar-refractivity contribution in [1.82, 2.24) is 0 Å². The highest BCUT2D eigenvalue weighted by atomic mass is 16.5. The normalized spacial score (nSPS) is 10.4. The topological polar surface area (TPSA) is 55.8 Å². The van der Waals surface area contributed by atoms with Gasteiger partial charge in [0.15, 0.2) is 0 Å². The molecule has 0 spiro atoms. The fraction of sp³-hybridized carbons (Fsp3) is 0.278. The Bertz CT molecular complexity index is 681. The molecule has 0 saturated heterocycles. The van der Waals surface area contributed by atoms with Gasteiger partial charge in [0.1, 0.15) is 23.7 Å². The molecular formula is C18H20O4. The molecule has 0 radical (unpaired) electrons. The maximum atomic E-state index is 11.3. The number of aryl methyl sites for hydroxylation is 2. The zero-order chi connectivity index (χ0) is 16.3. The lowest BCUT2D eigenvalue weighted by Crippen LogP contribution is -2.04. The van der Waals surface area contributed by atoms with Crippen molar-refractivity contribution >= 4 is 5.97 Å². The number of ether oxygens (including phenoxy) is 2. The van der Waals surface area contributed by atoms with Crippen LogP contribution in [0.15, 0.2) is 30.3 Å². The van der Waals surface area contributed by atoms with E-state index in [0.717, 1.165) is 5.56 Å². The van der Waals surface area contributed by atoms with E-state index in [0.29, 0.717) is 18.1 Å². The van der Waals surface area contributed by atoms with Crippen molar-refractivity contribution in [3.05, 3.63) is 58.1 Å². The summed E-state index contributed by atoms with van der Waals surface area (Å²) >= 11 is 0. The van der Waals surface area contributed by atoms with Crippen LogP contribution in [-0.4, -0.2) is 18.2 Å². The Hall–Kier alpha value is -2.49. The number of hydrogen-bond donors (Lipinski definition) is 1. The standard InChI is InChI=1S/C18H20O4/c1-11-7-14(8-12(2)13(11)3)10-22-17-9-15(21-4)5-6-16(17)18(19)20/h5-9H,10H2,1-4H3,(H,19,20). The van der Waals surface area contributed by atoms with Crippen LogP contribution >= 0.6 is 0 Å². The second kappa shape index (κ2) is 6.52. The molecule has 22 heavy (non-hydrogen) atoms. The predicted molar refractivity (Wildman–Crippen MR) is 84.9 cm³/mol. The molecule has 0 bridgehead atoms. The third-order valence-corrected chi connectivity index (χ3v) is 3.80. The van der Waals surface area contributed by atoms with Crippen molar-refractivity contribution < 1.29 is 19.4 Å². The molecule has 0 aromatic heterocycles. The van der Waals surface area contributed by atoms with Crippen LogP contribution in [-0.2, 0) is 6.61 Å². The Morgan fingerprint density at radius 1 is 1.09 bits per heavy atom. The summed E-state index contributed by atoms with van der Waals surface area (Å²) < 4.78 is 10.8. The first-order valence-corrected chi connectivity index (χ1v) is 7.03. The molecular weight excluding hydrogens is 280 g/mol. The van der Waals surface area contributed by atoms with Gasteiger partial charge in [-0.15, -0.1) is 0 Å². The van der Waals surface area contributed by atoms with Crippen LogP contribution in [0.4, 0.5) is 0 Å². The smallest absolute Gasteiger partial charge is 0.339 e. The van der Waals surface area contributed by atoms with Crippen LogP contribution in [0.25, 0.3) is 0 Å². The van der Waals surface area contributed by atoms with E-state index in [4.69, 9.17) is 9.47 Å². The van der Waals surface area contributed by atoms with Crippen LogP contribution in [0.1, 0.15) is 32.6 Å². The fourth-order valence-corrected chi connectivity index (χ4v) is 2.30. The lowest BCUT2D eigenvalue weighted by molar-refractivity contribution is 0.0691. The van der Waals surface area contributed by atoms with Crippen LogP contribution in [0.2, 0.25) is 0 Å². The van der Waals surface area contributed by atoms with Gasteiger partial charge in [-0.2, -0.15) is 0 Å². The zero-order valence-electron chi connectivity index (χ0n) is 13.3. The minimum absolute atomic E-state index is 0.126. The first-order chi connectivity index (χ1) is 10.4. The summed E-state index contributed by atoms with van der Waals surface area (Å²) in [5, 5.41) is 9.23. The average Bonchev–Trinajstić information content (AvgIpc) is 2.49. The van der Waals surface area contributed by atoms with Gasteiger partial charge in [-0.3, -0.25) is 0 Å². The fourth-order valence-electron chi connectivity index (χ4n) is 2.30. The van der Waals surface area contributed by atoms with E-state index in [9.17, 15) is 9.90 Å². The Labute approximate surface area is 130 Å². The molecule has 0 aliphatic carbocycles. The van der Waals surface area contributed by atoms with Gasteiger partial charge in [-0.05, 0) is 55.2 Å². The summed E-state index contributed by atoms with van der Waals surface area (Å²) in [5.41, 5.74) is 4.79. The number of carboxylic acids is 1. The molecule has 0 unspecified atom stereocenters. The van der Waals surface area contributed by atoms with E-state index < -0.39 is 5.97 Å². The van der Waals surface area contributed by atoms with Gasteiger partial charge in [0, 0.05) is 6.07 Å². The maximum Gasteiger partial charge on any atom is 0.339 e. The molecule has 2 aromatic carbocycles. The lowest BCUT2D eigenvalue weighted by Gasteiger charge is -2.13. The molecule has 4 heteroatoms. The van der Waals surface area contributed by atoms with E-state index >= 15 is 0 Å². The second-order valence-corrected chi connectivity index (χ2v) is 5.31. The summed E-state index contributed by atoms with van der Waals surface area (Å²) in [6.07, 6.45) is 0. The maximum absolute atomic E-state index is 11.3. The van der Waals surface area contributed by atoms with Crippen molar-refractivity contribution in [2.45, 2.75) is 27.4 Å². The van der Waals surface area contributed by atoms with Crippen LogP contribution in [0.5, 0.6) is 11.5 Å². The van der Waals surface area contributed by atoms with E-state index in [2.05, 4.69) is 32.9 Å². The summed E-state index contributed by atoms with van der Waals surface area (Å²) in [7, 11) is 1.53. The van der Waals surface area contributed by atoms with Crippen molar-refractivity contribution in [3.63, 3.8) is 0 Å². The number of benzene rings is 2. The van der Waals surface area contributed by atoms with Crippen molar-refractivity contribution in [3.8, 4) is 11.5 Å². The van der Waals surface area contributed by atoms with Crippen LogP contribution < -0.4 is 9.47 Å². The quantitative estimate of drug-likeness (QED) is 0.910. The predicted octanol–water partition coefficient (Wildman–Crippen LogP) is 3.90. The van der Waals surface area contributed by atoms with Crippen molar-refractivity contribution in [2.24, 2.45) is 0 Å². The molecule has 2 aromatic rings. The van der Waals surface area contributed by atoms with Gasteiger partial charge >= 0.3 is 5.97 Å². The van der Waals surface area contributed by atoms with Gasteiger partial charge in [-0.1, -0.05) is 12.1 Å². The summed E-state index contributed by atoms with van der Waals surface area (Å²) in [6, 6.07) is 8.81. The first-order valence-electron chi connectivity index (χ1n) is 7.03. The van der Waals surface area contributed by atoms with Crippen LogP contribution in [0.3, 0.4) is 0 Å². The SMILES string of the molecule is COc1ccc(C(=O)O)c(OCc2cc(C)c(C)c(C)c2)c1. The molecule has 2 rings (SSSR count). The van der Waals surface area contributed by atoms with E-state index in [1.165, 1.54) is 29.9 Å². The summed E-state index contributed by atoms with van der Waals surface area (Å²) in [4.78, 5) is 11.3. The third kappa shape index (κ3) is 3.39. The molecule has 116 valence electrons. The highest BCUT2D eigenvalue weighted by molar-refractivity contribution is 5.91. The molecule has 1 N–H and O–H groups in total. The molecule has 0 fully saturated rings. The largest absolute Gasteiger partial charge is 0.497 e. The lowest BCUT2D eigenvalue weighted by atomic mass is 10.0. The average molecular weight is 300 g/mol.